The number of hydrogen-bond acceptors (Lipinski definition) is 4. The van der Waals surface area contributed by atoms with Crippen LogP contribution in [0, 0.1) is 6.92 Å². The summed E-state index contributed by atoms with van der Waals surface area (Å²) in [6.07, 6.45) is 3.08. The maximum absolute atomic E-state index is 13.0. The van der Waals surface area contributed by atoms with E-state index in [1.807, 2.05) is 0 Å². The zero-order valence-corrected chi connectivity index (χ0v) is 14.6. The minimum atomic E-state index is -9.73. The second-order valence-corrected chi connectivity index (χ2v) is 8.33. The Morgan fingerprint density at radius 2 is 1.77 bits per heavy atom. The summed E-state index contributed by atoms with van der Waals surface area (Å²) in [7, 11) is -9.73. The highest BCUT2D eigenvalue weighted by Crippen LogP contribution is 3.02. The largest absolute Gasteiger partial charge is 0.363 e. The Labute approximate surface area is 146 Å². The Morgan fingerprint density at radius 1 is 1.04 bits per heavy atom. The summed E-state index contributed by atoms with van der Waals surface area (Å²) >= 11 is 0. The van der Waals surface area contributed by atoms with Crippen LogP contribution in [-0.2, 0) is 0 Å². The summed E-state index contributed by atoms with van der Waals surface area (Å²) in [6.45, 7) is 3.23. The maximum Gasteiger partial charge on any atom is 0.310 e. The molecule has 26 heavy (non-hydrogen) atoms. The van der Waals surface area contributed by atoms with E-state index >= 15 is 0 Å². The zero-order chi connectivity index (χ0) is 19.2. The van der Waals surface area contributed by atoms with Crippen LogP contribution in [0.15, 0.2) is 47.6 Å². The fourth-order valence-electron chi connectivity index (χ4n) is 2.51. The van der Waals surface area contributed by atoms with Crippen molar-refractivity contribution in [2.45, 2.75) is 24.8 Å². The average Bonchev–Trinajstić information content (AvgIpc) is 2.52. The van der Waals surface area contributed by atoms with Gasteiger partial charge in [-0.25, -0.2) is 9.97 Å². The van der Waals surface area contributed by atoms with Crippen molar-refractivity contribution in [1.82, 2.24) is 15.0 Å². The van der Waals surface area contributed by atoms with Crippen molar-refractivity contribution in [3.8, 4) is 0 Å². The zero-order valence-electron chi connectivity index (χ0n) is 13.8. The van der Waals surface area contributed by atoms with Crippen LogP contribution in [0.4, 0.5) is 25.2 Å². The van der Waals surface area contributed by atoms with Crippen LogP contribution in [0.2, 0.25) is 0 Å². The van der Waals surface area contributed by atoms with Crippen molar-refractivity contribution in [2.24, 2.45) is 0 Å². The van der Waals surface area contributed by atoms with Gasteiger partial charge in [0.05, 0.1) is 16.9 Å². The molecule has 2 aromatic heterocycles. The summed E-state index contributed by atoms with van der Waals surface area (Å²) in [4.78, 5) is 10.6. The van der Waals surface area contributed by atoms with Crippen LogP contribution in [-0.4, -0.2) is 15.0 Å². The molecule has 10 heteroatoms. The quantitative estimate of drug-likeness (QED) is 0.542. The predicted molar refractivity (Wildman–Crippen MR) is 91.9 cm³/mol. The molecular weight excluding hydrogens is 375 g/mol. The number of benzene rings is 1. The Bertz CT molecular complexity index is 992. The van der Waals surface area contributed by atoms with E-state index < -0.39 is 21.2 Å². The topological polar surface area (TPSA) is 50.7 Å². The molecule has 0 saturated carbocycles. The maximum atomic E-state index is 13.0. The SMILES string of the molecule is Cc1nc(NC(C)c2cccc(S(F)(F)(F)(F)F)c2)c2cnccc2n1. The van der Waals surface area contributed by atoms with Crippen LogP contribution >= 0.6 is 10.2 Å². The highest BCUT2D eigenvalue weighted by molar-refractivity contribution is 8.45. The molecule has 0 amide bonds. The van der Waals surface area contributed by atoms with Crippen LogP contribution in [0.3, 0.4) is 0 Å². The van der Waals surface area contributed by atoms with Crippen molar-refractivity contribution >= 4 is 26.9 Å². The van der Waals surface area contributed by atoms with E-state index in [0.717, 1.165) is 6.07 Å². The van der Waals surface area contributed by atoms with Crippen LogP contribution < -0.4 is 5.32 Å². The molecule has 1 N–H and O–H groups in total. The molecule has 2 heterocycles. The number of nitrogens with zero attached hydrogens (tertiary/aromatic N) is 3. The van der Waals surface area contributed by atoms with Crippen molar-refractivity contribution in [3.05, 3.63) is 54.1 Å². The number of aromatic nitrogens is 3. The average molecular weight is 390 g/mol. The fourth-order valence-corrected chi connectivity index (χ4v) is 3.21. The Kier molecular flexibility index (Phi) is 3.70. The molecular formula is C16H15F5N4S. The lowest BCUT2D eigenvalue weighted by Crippen LogP contribution is -2.12. The molecule has 0 fully saturated rings. The number of fused-ring (bicyclic) bond motifs is 1. The van der Waals surface area contributed by atoms with E-state index in [2.05, 4.69) is 20.3 Å². The summed E-state index contributed by atoms with van der Waals surface area (Å²) in [5.74, 6) is 0.824. The van der Waals surface area contributed by atoms with E-state index in [-0.39, 0.29) is 5.56 Å². The lowest BCUT2D eigenvalue weighted by Gasteiger charge is -2.40. The summed E-state index contributed by atoms with van der Waals surface area (Å²) in [5, 5.41) is 3.53. The second kappa shape index (κ2) is 5.26. The minimum absolute atomic E-state index is 0.0593. The lowest BCUT2D eigenvalue weighted by molar-refractivity contribution is 0.364. The van der Waals surface area contributed by atoms with Crippen molar-refractivity contribution in [3.63, 3.8) is 0 Å². The van der Waals surface area contributed by atoms with E-state index in [1.165, 1.54) is 12.3 Å². The predicted octanol–water partition coefficient (Wildman–Crippen LogP) is 6.16. The number of nitrogens with one attached hydrogen (secondary N) is 1. The van der Waals surface area contributed by atoms with E-state index in [1.54, 1.807) is 26.1 Å². The molecule has 1 aromatic carbocycles. The Balaban J connectivity index is 1.99. The lowest BCUT2D eigenvalue weighted by atomic mass is 10.1. The molecule has 140 valence electrons. The molecule has 1 unspecified atom stereocenters. The van der Waals surface area contributed by atoms with Gasteiger partial charge in [0.1, 0.15) is 16.5 Å². The third-order valence-electron chi connectivity index (χ3n) is 3.77. The van der Waals surface area contributed by atoms with Crippen LogP contribution in [0.5, 0.6) is 0 Å². The van der Waals surface area contributed by atoms with Crippen molar-refractivity contribution in [1.29, 1.82) is 0 Å². The van der Waals surface area contributed by atoms with Gasteiger partial charge in [-0.05, 0) is 37.6 Å². The fraction of sp³-hybridized carbons (Fsp3) is 0.188. The number of pyridine rings is 1. The van der Waals surface area contributed by atoms with Crippen LogP contribution in [0.25, 0.3) is 10.9 Å². The van der Waals surface area contributed by atoms with Gasteiger partial charge in [0.15, 0.2) is 0 Å². The Hall–Kier alpha value is -2.49. The molecule has 4 nitrogen and oxygen atoms in total. The number of halogens is 5. The van der Waals surface area contributed by atoms with Gasteiger partial charge in [0, 0.05) is 12.4 Å². The number of hydrogen-bond donors (Lipinski definition) is 1. The van der Waals surface area contributed by atoms with Gasteiger partial charge in [-0.2, -0.15) is 0 Å². The number of aryl methyl sites for hydroxylation is 1. The second-order valence-electron chi connectivity index (χ2n) is 5.92. The first-order valence-electron chi connectivity index (χ1n) is 7.52. The summed E-state index contributed by atoms with van der Waals surface area (Å²) < 4.78 is 65.1. The van der Waals surface area contributed by atoms with Gasteiger partial charge in [-0.3, -0.25) is 4.98 Å². The molecule has 1 atom stereocenters. The highest BCUT2D eigenvalue weighted by Gasteiger charge is 2.65. The van der Waals surface area contributed by atoms with Crippen molar-refractivity contribution in [2.75, 3.05) is 5.32 Å². The molecule has 3 rings (SSSR count). The first-order chi connectivity index (χ1) is 11.8. The van der Waals surface area contributed by atoms with Gasteiger partial charge in [0.2, 0.25) is 0 Å². The molecule has 0 spiro atoms. The molecule has 0 aliphatic carbocycles. The standard InChI is InChI=1S/C16H15F5N4S/c1-10(12-4-3-5-13(8-12)26(17,18,19,20)21)23-16-14-9-22-7-6-15(14)24-11(2)25-16/h3-10H,1-2H3,(H,23,24,25). The Morgan fingerprint density at radius 3 is 2.46 bits per heavy atom. The normalized spacial score (nSPS) is 16.0. The van der Waals surface area contributed by atoms with E-state index in [9.17, 15) is 19.4 Å². The van der Waals surface area contributed by atoms with Crippen molar-refractivity contribution < 1.29 is 19.4 Å². The summed E-state index contributed by atoms with van der Waals surface area (Å²) in [6, 6.07) is 4.13. The molecule has 0 radical (unpaired) electrons. The molecule has 0 bridgehead atoms. The molecule has 0 aliphatic heterocycles. The van der Waals surface area contributed by atoms with E-state index in [4.69, 9.17) is 0 Å². The first kappa shape index (κ1) is 18.3. The summed E-state index contributed by atoms with van der Waals surface area (Å²) in [5.41, 5.74) is 0.673. The van der Waals surface area contributed by atoms with Gasteiger partial charge in [-0.15, -0.1) is 0 Å². The highest BCUT2D eigenvalue weighted by atomic mass is 32.5. The first-order valence-corrected chi connectivity index (χ1v) is 9.47. The van der Waals surface area contributed by atoms with Gasteiger partial charge in [-0.1, -0.05) is 31.6 Å². The third kappa shape index (κ3) is 3.85. The number of rotatable bonds is 4. The molecule has 3 aromatic rings. The smallest absolute Gasteiger partial charge is 0.310 e. The third-order valence-corrected chi connectivity index (χ3v) is 4.91. The van der Waals surface area contributed by atoms with E-state index in [0.29, 0.717) is 34.7 Å². The van der Waals surface area contributed by atoms with Gasteiger partial charge in [0.25, 0.3) is 0 Å². The van der Waals surface area contributed by atoms with Gasteiger partial charge < -0.3 is 5.32 Å². The molecule has 0 aliphatic rings. The number of anilines is 1. The monoisotopic (exact) mass is 390 g/mol. The van der Waals surface area contributed by atoms with Gasteiger partial charge >= 0.3 is 10.2 Å². The van der Waals surface area contributed by atoms with Crippen LogP contribution in [0.1, 0.15) is 24.4 Å². The minimum Gasteiger partial charge on any atom is -0.363 e. The molecule has 0 saturated heterocycles.